The van der Waals surface area contributed by atoms with Crippen molar-refractivity contribution in [2.75, 3.05) is 18.6 Å². The first-order chi connectivity index (χ1) is 8.35. The second-order valence-corrected chi connectivity index (χ2v) is 3.93. The molecule has 2 rings (SSSR count). The van der Waals surface area contributed by atoms with Crippen LogP contribution in [0, 0.1) is 0 Å². The first kappa shape index (κ1) is 12.1. The monoisotopic (exact) mass is 238 g/mol. The van der Waals surface area contributed by atoms with E-state index in [9.17, 15) is 0 Å². The Morgan fingerprint density at radius 2 is 2.24 bits per heavy atom. The number of nitrogens with two attached hydrogens (primary N) is 1. The molecule has 3 N–H and O–H groups in total. The number of anilines is 1. The Kier molecular flexibility index (Phi) is 4.11. The van der Waals surface area contributed by atoms with E-state index in [2.05, 4.69) is 15.4 Å². The van der Waals surface area contributed by atoms with Gasteiger partial charge in [0.25, 0.3) is 0 Å². The molecule has 6 heteroatoms. The van der Waals surface area contributed by atoms with Gasteiger partial charge in [0.15, 0.2) is 0 Å². The van der Waals surface area contributed by atoms with Crippen molar-refractivity contribution in [2.24, 2.45) is 5.84 Å². The first-order valence-electron chi connectivity index (χ1n) is 5.90. The zero-order chi connectivity index (χ0) is 12.1. The smallest absolute Gasteiger partial charge is 0.222 e. The maximum Gasteiger partial charge on any atom is 0.222 e. The molecule has 0 aliphatic carbocycles. The van der Waals surface area contributed by atoms with E-state index in [0.717, 1.165) is 38.0 Å². The highest BCUT2D eigenvalue weighted by molar-refractivity contribution is 5.47. The predicted octanol–water partition coefficient (Wildman–Crippen LogP) is 0.882. The van der Waals surface area contributed by atoms with E-state index < -0.39 is 0 Å². The van der Waals surface area contributed by atoms with E-state index >= 15 is 0 Å². The van der Waals surface area contributed by atoms with Crippen LogP contribution in [0.15, 0.2) is 6.33 Å². The molecule has 0 aromatic carbocycles. The van der Waals surface area contributed by atoms with Gasteiger partial charge in [-0.2, -0.15) is 0 Å². The second kappa shape index (κ2) is 5.79. The van der Waals surface area contributed by atoms with Crippen LogP contribution in [-0.2, 0) is 11.2 Å². The zero-order valence-electron chi connectivity index (χ0n) is 9.98. The zero-order valence-corrected chi connectivity index (χ0v) is 9.98. The summed E-state index contributed by atoms with van der Waals surface area (Å²) >= 11 is 0. The summed E-state index contributed by atoms with van der Waals surface area (Å²) in [6, 6.07) is 0. The summed E-state index contributed by atoms with van der Waals surface area (Å²) in [7, 11) is 0. The molecule has 0 saturated carbocycles. The van der Waals surface area contributed by atoms with Crippen LogP contribution in [0.25, 0.3) is 0 Å². The largest absolute Gasteiger partial charge is 0.474 e. The lowest BCUT2D eigenvalue weighted by Crippen LogP contribution is -2.27. The number of nitrogens with zero attached hydrogens (tertiary/aromatic N) is 2. The van der Waals surface area contributed by atoms with E-state index in [-0.39, 0.29) is 6.10 Å². The fourth-order valence-electron chi connectivity index (χ4n) is 1.89. The molecule has 94 valence electrons. The highest BCUT2D eigenvalue weighted by Crippen LogP contribution is 2.24. The van der Waals surface area contributed by atoms with Gasteiger partial charge in [-0.1, -0.05) is 6.92 Å². The second-order valence-electron chi connectivity index (χ2n) is 3.93. The number of nitrogen functional groups attached to an aromatic ring is 1. The summed E-state index contributed by atoms with van der Waals surface area (Å²) < 4.78 is 11.2. The minimum absolute atomic E-state index is 0.176. The number of aromatic nitrogens is 2. The standard InChI is InChI=1S/C11H18N4O2/c1-2-9-10(15-12)13-7-14-11(9)17-8-3-5-16-6-4-8/h7-8H,2-6,12H2,1H3,(H,13,14,15). The van der Waals surface area contributed by atoms with E-state index in [4.69, 9.17) is 15.3 Å². The number of hydrogen-bond donors (Lipinski definition) is 2. The van der Waals surface area contributed by atoms with E-state index in [1.165, 1.54) is 6.33 Å². The van der Waals surface area contributed by atoms with Crippen molar-refractivity contribution in [3.63, 3.8) is 0 Å². The molecule has 17 heavy (non-hydrogen) atoms. The molecule has 0 bridgehead atoms. The SMILES string of the molecule is CCc1c(NN)ncnc1OC1CCOCC1. The third-order valence-corrected chi connectivity index (χ3v) is 2.84. The van der Waals surface area contributed by atoms with Gasteiger partial charge in [0.1, 0.15) is 18.2 Å². The van der Waals surface area contributed by atoms with Gasteiger partial charge in [-0.05, 0) is 6.42 Å². The Bertz CT molecular complexity index is 366. The van der Waals surface area contributed by atoms with Gasteiger partial charge in [-0.3, -0.25) is 0 Å². The third kappa shape index (κ3) is 2.83. The molecule has 1 aromatic rings. The Labute approximate surface area is 101 Å². The number of rotatable bonds is 4. The average Bonchev–Trinajstić information content (AvgIpc) is 2.39. The van der Waals surface area contributed by atoms with Crippen molar-refractivity contribution < 1.29 is 9.47 Å². The van der Waals surface area contributed by atoms with Crippen LogP contribution in [0.1, 0.15) is 25.3 Å². The Balaban J connectivity index is 2.13. The van der Waals surface area contributed by atoms with Crippen LogP contribution < -0.4 is 16.0 Å². The molecule has 1 aliphatic heterocycles. The first-order valence-corrected chi connectivity index (χ1v) is 5.90. The van der Waals surface area contributed by atoms with Crippen LogP contribution in [0.4, 0.5) is 5.82 Å². The minimum Gasteiger partial charge on any atom is -0.474 e. The van der Waals surface area contributed by atoms with Gasteiger partial charge < -0.3 is 14.9 Å². The summed E-state index contributed by atoms with van der Waals surface area (Å²) in [6.07, 6.45) is 4.22. The summed E-state index contributed by atoms with van der Waals surface area (Å²) in [5.41, 5.74) is 3.49. The molecule has 0 amide bonds. The number of nitrogens with one attached hydrogen (secondary N) is 1. The lowest BCUT2D eigenvalue weighted by molar-refractivity contribution is 0.0233. The van der Waals surface area contributed by atoms with Crippen molar-refractivity contribution in [3.8, 4) is 5.88 Å². The summed E-state index contributed by atoms with van der Waals surface area (Å²) in [5, 5.41) is 0. The van der Waals surface area contributed by atoms with Crippen LogP contribution >= 0.6 is 0 Å². The topological polar surface area (TPSA) is 82.3 Å². The van der Waals surface area contributed by atoms with E-state index in [0.29, 0.717) is 11.7 Å². The van der Waals surface area contributed by atoms with Gasteiger partial charge in [0, 0.05) is 12.8 Å². The maximum atomic E-state index is 5.89. The molecule has 0 radical (unpaired) electrons. The van der Waals surface area contributed by atoms with Crippen LogP contribution in [0.2, 0.25) is 0 Å². The van der Waals surface area contributed by atoms with Crippen molar-refractivity contribution in [2.45, 2.75) is 32.3 Å². The van der Waals surface area contributed by atoms with E-state index in [1.807, 2.05) is 6.92 Å². The Morgan fingerprint density at radius 1 is 1.47 bits per heavy atom. The lowest BCUT2D eigenvalue weighted by Gasteiger charge is -2.24. The molecule has 0 atom stereocenters. The molecule has 1 aliphatic rings. The molecule has 1 aromatic heterocycles. The third-order valence-electron chi connectivity index (χ3n) is 2.84. The molecule has 2 heterocycles. The summed E-state index contributed by atoms with van der Waals surface area (Å²) in [6.45, 7) is 3.52. The molecular weight excluding hydrogens is 220 g/mol. The van der Waals surface area contributed by atoms with Gasteiger partial charge in [0.2, 0.25) is 5.88 Å². The van der Waals surface area contributed by atoms with Crippen LogP contribution in [0.3, 0.4) is 0 Å². The van der Waals surface area contributed by atoms with Crippen molar-refractivity contribution in [3.05, 3.63) is 11.9 Å². The normalized spacial score (nSPS) is 16.8. The van der Waals surface area contributed by atoms with E-state index in [1.54, 1.807) is 0 Å². The molecule has 1 fully saturated rings. The van der Waals surface area contributed by atoms with Crippen LogP contribution in [-0.4, -0.2) is 29.3 Å². The highest BCUT2D eigenvalue weighted by Gasteiger charge is 2.18. The fourth-order valence-corrected chi connectivity index (χ4v) is 1.89. The van der Waals surface area contributed by atoms with Crippen molar-refractivity contribution in [1.82, 2.24) is 9.97 Å². The van der Waals surface area contributed by atoms with Crippen molar-refractivity contribution in [1.29, 1.82) is 0 Å². The Hall–Kier alpha value is -1.40. The molecule has 1 saturated heterocycles. The quantitative estimate of drug-likeness (QED) is 0.598. The number of hydrogen-bond acceptors (Lipinski definition) is 6. The number of hydrazine groups is 1. The summed E-state index contributed by atoms with van der Waals surface area (Å²) in [4.78, 5) is 8.25. The van der Waals surface area contributed by atoms with Gasteiger partial charge >= 0.3 is 0 Å². The molecule has 0 unspecified atom stereocenters. The average molecular weight is 238 g/mol. The molecule has 0 spiro atoms. The van der Waals surface area contributed by atoms with Gasteiger partial charge in [-0.25, -0.2) is 15.8 Å². The predicted molar refractivity (Wildman–Crippen MR) is 63.7 cm³/mol. The minimum atomic E-state index is 0.176. The fraction of sp³-hybridized carbons (Fsp3) is 0.636. The highest BCUT2D eigenvalue weighted by atomic mass is 16.5. The lowest BCUT2D eigenvalue weighted by atomic mass is 10.1. The number of ether oxygens (including phenoxy) is 2. The van der Waals surface area contributed by atoms with Gasteiger partial charge in [-0.15, -0.1) is 0 Å². The maximum absolute atomic E-state index is 5.89. The van der Waals surface area contributed by atoms with Crippen LogP contribution in [0.5, 0.6) is 5.88 Å². The van der Waals surface area contributed by atoms with Crippen molar-refractivity contribution >= 4 is 5.82 Å². The molecular formula is C11H18N4O2. The summed E-state index contributed by atoms with van der Waals surface area (Å²) in [5.74, 6) is 6.67. The Morgan fingerprint density at radius 3 is 2.88 bits per heavy atom. The molecule has 6 nitrogen and oxygen atoms in total. The van der Waals surface area contributed by atoms with Gasteiger partial charge in [0.05, 0.1) is 18.8 Å².